The van der Waals surface area contributed by atoms with Gasteiger partial charge in [-0.3, -0.25) is 4.79 Å². The van der Waals surface area contributed by atoms with Crippen molar-refractivity contribution in [2.24, 2.45) is 0 Å². The smallest absolute Gasteiger partial charge is 0.328 e. The number of nitrogens with zero attached hydrogens (tertiary/aromatic N) is 2. The van der Waals surface area contributed by atoms with Crippen molar-refractivity contribution in [3.63, 3.8) is 0 Å². The van der Waals surface area contributed by atoms with Crippen molar-refractivity contribution in [1.29, 1.82) is 0 Å². The highest BCUT2D eigenvalue weighted by Gasteiger charge is 2.34. The molecule has 1 amide bonds. The van der Waals surface area contributed by atoms with E-state index < -0.39 is 12.0 Å². The molecule has 0 radical (unpaired) electrons. The lowest BCUT2D eigenvalue weighted by Gasteiger charge is -2.38. The summed E-state index contributed by atoms with van der Waals surface area (Å²) in [6.45, 7) is 0.443. The Bertz CT molecular complexity index is 503. The van der Waals surface area contributed by atoms with Gasteiger partial charge in [-0.1, -0.05) is 6.07 Å². The van der Waals surface area contributed by atoms with Gasteiger partial charge >= 0.3 is 5.97 Å². The van der Waals surface area contributed by atoms with E-state index in [9.17, 15) is 9.59 Å². The molecule has 2 rings (SSSR count). The SMILES string of the molecule is COc1cccc(N2CC(=O)N(C)C(C(=O)O)C2)c1. The van der Waals surface area contributed by atoms with E-state index in [1.807, 2.05) is 12.1 Å². The molecule has 1 unspecified atom stereocenters. The molecule has 1 fully saturated rings. The van der Waals surface area contributed by atoms with Crippen molar-refractivity contribution < 1.29 is 19.4 Å². The highest BCUT2D eigenvalue weighted by atomic mass is 16.5. The number of benzene rings is 1. The number of carbonyl (C=O) groups excluding carboxylic acids is 1. The zero-order valence-electron chi connectivity index (χ0n) is 10.9. The Morgan fingerprint density at radius 1 is 1.47 bits per heavy atom. The van der Waals surface area contributed by atoms with Crippen LogP contribution in [0, 0.1) is 0 Å². The molecule has 1 saturated heterocycles. The van der Waals surface area contributed by atoms with Gasteiger partial charge < -0.3 is 19.6 Å². The first-order chi connectivity index (χ1) is 9.02. The fraction of sp³-hybridized carbons (Fsp3) is 0.385. The summed E-state index contributed by atoms with van der Waals surface area (Å²) in [5.74, 6) is -0.527. The fourth-order valence-electron chi connectivity index (χ4n) is 2.09. The number of carboxylic acids is 1. The highest BCUT2D eigenvalue weighted by Crippen LogP contribution is 2.23. The number of carboxylic acid groups (broad SMARTS) is 1. The maximum Gasteiger partial charge on any atom is 0.328 e. The van der Waals surface area contributed by atoms with Gasteiger partial charge in [0, 0.05) is 25.3 Å². The molecule has 6 heteroatoms. The van der Waals surface area contributed by atoms with Crippen LogP contribution < -0.4 is 9.64 Å². The number of piperazine rings is 1. The average Bonchev–Trinajstić information content (AvgIpc) is 2.41. The third kappa shape index (κ3) is 2.62. The molecular weight excluding hydrogens is 248 g/mol. The number of rotatable bonds is 3. The molecular formula is C13H16N2O4. The van der Waals surface area contributed by atoms with Crippen LogP contribution in [0.3, 0.4) is 0 Å². The summed E-state index contributed by atoms with van der Waals surface area (Å²) >= 11 is 0. The van der Waals surface area contributed by atoms with Gasteiger partial charge in [0.25, 0.3) is 0 Å². The number of carbonyl (C=O) groups is 2. The molecule has 0 bridgehead atoms. The minimum Gasteiger partial charge on any atom is -0.497 e. The number of anilines is 1. The van der Waals surface area contributed by atoms with Crippen molar-refractivity contribution >= 4 is 17.6 Å². The van der Waals surface area contributed by atoms with E-state index in [1.165, 1.54) is 11.9 Å². The average molecular weight is 264 g/mol. The second kappa shape index (κ2) is 5.17. The molecule has 1 aromatic rings. The molecule has 0 spiro atoms. The largest absolute Gasteiger partial charge is 0.497 e. The second-order valence-corrected chi connectivity index (χ2v) is 4.44. The Hall–Kier alpha value is -2.24. The van der Waals surface area contributed by atoms with Gasteiger partial charge in [-0.15, -0.1) is 0 Å². The first kappa shape index (κ1) is 13.2. The number of hydrogen-bond acceptors (Lipinski definition) is 4. The highest BCUT2D eigenvalue weighted by molar-refractivity contribution is 5.89. The minimum atomic E-state index is -0.997. The summed E-state index contributed by atoms with van der Waals surface area (Å²) in [6, 6.07) is 6.41. The molecule has 102 valence electrons. The normalized spacial score (nSPS) is 19.5. The maximum absolute atomic E-state index is 11.8. The number of aliphatic carboxylic acids is 1. The predicted molar refractivity (Wildman–Crippen MR) is 69.4 cm³/mol. The lowest BCUT2D eigenvalue weighted by atomic mass is 10.1. The maximum atomic E-state index is 11.8. The van der Waals surface area contributed by atoms with E-state index in [2.05, 4.69) is 0 Å². The van der Waals surface area contributed by atoms with Crippen molar-refractivity contribution in [3.05, 3.63) is 24.3 Å². The van der Waals surface area contributed by atoms with Crippen molar-refractivity contribution in [1.82, 2.24) is 4.90 Å². The van der Waals surface area contributed by atoms with Crippen LogP contribution in [0.4, 0.5) is 5.69 Å². The zero-order valence-corrected chi connectivity index (χ0v) is 10.9. The van der Waals surface area contributed by atoms with Crippen molar-refractivity contribution in [2.75, 3.05) is 32.1 Å². The van der Waals surface area contributed by atoms with Crippen LogP contribution in [-0.4, -0.2) is 55.2 Å². The zero-order chi connectivity index (χ0) is 14.0. The fourth-order valence-corrected chi connectivity index (χ4v) is 2.09. The summed E-state index contributed by atoms with van der Waals surface area (Å²) < 4.78 is 5.13. The van der Waals surface area contributed by atoms with Gasteiger partial charge in [-0.05, 0) is 12.1 Å². The van der Waals surface area contributed by atoms with Crippen LogP contribution in [-0.2, 0) is 9.59 Å². The van der Waals surface area contributed by atoms with Gasteiger partial charge in [0.15, 0.2) is 0 Å². The number of likely N-dealkylation sites (N-methyl/N-ethyl adjacent to an activating group) is 1. The van der Waals surface area contributed by atoms with E-state index in [0.717, 1.165) is 5.69 Å². The van der Waals surface area contributed by atoms with Crippen LogP contribution >= 0.6 is 0 Å². The number of hydrogen-bond donors (Lipinski definition) is 1. The topological polar surface area (TPSA) is 70.1 Å². The predicted octanol–water partition coefficient (Wildman–Crippen LogP) is 0.427. The second-order valence-electron chi connectivity index (χ2n) is 4.44. The molecule has 6 nitrogen and oxygen atoms in total. The molecule has 19 heavy (non-hydrogen) atoms. The molecule has 1 aliphatic rings. The van der Waals surface area contributed by atoms with E-state index >= 15 is 0 Å². The van der Waals surface area contributed by atoms with E-state index in [1.54, 1.807) is 24.1 Å². The molecule has 1 heterocycles. The Kier molecular flexibility index (Phi) is 3.59. The van der Waals surface area contributed by atoms with E-state index in [-0.39, 0.29) is 19.0 Å². The molecule has 1 aliphatic heterocycles. The summed E-state index contributed by atoms with van der Waals surface area (Å²) in [5.41, 5.74) is 0.784. The molecule has 0 aliphatic carbocycles. The molecule has 1 atom stereocenters. The molecule has 1 N–H and O–H groups in total. The summed E-state index contributed by atoms with van der Waals surface area (Å²) in [6.07, 6.45) is 0. The van der Waals surface area contributed by atoms with Crippen molar-refractivity contribution in [3.8, 4) is 5.75 Å². The third-order valence-corrected chi connectivity index (χ3v) is 3.28. The lowest BCUT2D eigenvalue weighted by Crippen LogP contribution is -2.57. The summed E-state index contributed by atoms with van der Waals surface area (Å²) in [4.78, 5) is 26.0. The molecule has 0 saturated carbocycles. The lowest BCUT2D eigenvalue weighted by molar-refractivity contribution is -0.149. The van der Waals surface area contributed by atoms with Crippen LogP contribution in [0.25, 0.3) is 0 Å². The van der Waals surface area contributed by atoms with Gasteiger partial charge in [0.05, 0.1) is 13.7 Å². The van der Waals surface area contributed by atoms with Crippen LogP contribution in [0.15, 0.2) is 24.3 Å². The molecule has 1 aromatic carbocycles. The van der Waals surface area contributed by atoms with Crippen molar-refractivity contribution in [2.45, 2.75) is 6.04 Å². The quantitative estimate of drug-likeness (QED) is 0.857. The Morgan fingerprint density at radius 3 is 2.84 bits per heavy atom. The number of amides is 1. The van der Waals surface area contributed by atoms with Crippen LogP contribution in [0.2, 0.25) is 0 Å². The standard InChI is InChI=1S/C13H16N2O4/c1-14-11(13(17)18)7-15(8-12(14)16)9-4-3-5-10(6-9)19-2/h3-6,11H,7-8H2,1-2H3,(H,17,18). The Labute approximate surface area is 111 Å². The third-order valence-electron chi connectivity index (χ3n) is 3.28. The minimum absolute atomic E-state index is 0.174. The molecule has 0 aromatic heterocycles. The van der Waals surface area contributed by atoms with Crippen LogP contribution in [0.1, 0.15) is 0 Å². The number of ether oxygens (including phenoxy) is 1. The number of methoxy groups -OCH3 is 1. The van der Waals surface area contributed by atoms with Gasteiger partial charge in [-0.2, -0.15) is 0 Å². The van der Waals surface area contributed by atoms with Gasteiger partial charge in [-0.25, -0.2) is 4.79 Å². The van der Waals surface area contributed by atoms with Crippen LogP contribution in [0.5, 0.6) is 5.75 Å². The van der Waals surface area contributed by atoms with E-state index in [0.29, 0.717) is 5.75 Å². The first-order valence-corrected chi connectivity index (χ1v) is 5.90. The Morgan fingerprint density at radius 2 is 2.21 bits per heavy atom. The monoisotopic (exact) mass is 264 g/mol. The summed E-state index contributed by atoms with van der Waals surface area (Å²) in [5, 5.41) is 9.15. The Balaban J connectivity index is 2.25. The van der Waals surface area contributed by atoms with E-state index in [4.69, 9.17) is 9.84 Å². The van der Waals surface area contributed by atoms with Gasteiger partial charge in [0.2, 0.25) is 5.91 Å². The van der Waals surface area contributed by atoms with Gasteiger partial charge in [0.1, 0.15) is 11.8 Å². The first-order valence-electron chi connectivity index (χ1n) is 5.90. The summed E-state index contributed by atoms with van der Waals surface area (Å²) in [7, 11) is 3.08.